The van der Waals surface area contributed by atoms with E-state index in [9.17, 15) is 9.59 Å². The highest BCUT2D eigenvalue weighted by Crippen LogP contribution is 2.26. The van der Waals surface area contributed by atoms with Crippen LogP contribution in [0.5, 0.6) is 5.75 Å². The van der Waals surface area contributed by atoms with Crippen molar-refractivity contribution >= 4 is 34.3 Å². The van der Waals surface area contributed by atoms with E-state index < -0.39 is 0 Å². The summed E-state index contributed by atoms with van der Waals surface area (Å²) in [5.41, 5.74) is 1.53. The van der Waals surface area contributed by atoms with Crippen LogP contribution in [0.4, 0.5) is 0 Å². The maximum Gasteiger partial charge on any atom is 0.256 e. The van der Waals surface area contributed by atoms with Crippen molar-refractivity contribution in [3.05, 3.63) is 65.3 Å². The average molecular weight is 440 g/mol. The lowest BCUT2D eigenvalue weighted by Gasteiger charge is -2.32. The van der Waals surface area contributed by atoms with E-state index in [0.717, 1.165) is 29.5 Å². The first-order chi connectivity index (χ1) is 14.9. The number of amides is 2. The summed E-state index contributed by atoms with van der Waals surface area (Å²) in [4.78, 5) is 29.0. The average Bonchev–Trinajstić information content (AvgIpc) is 3.14. The number of likely N-dealkylation sites (tertiary alicyclic amines) is 1. The summed E-state index contributed by atoms with van der Waals surface area (Å²) < 4.78 is 7.90. The molecule has 1 aliphatic heterocycles. The minimum absolute atomic E-state index is 0.00260. The fourth-order valence-corrected chi connectivity index (χ4v) is 4.01. The van der Waals surface area contributed by atoms with E-state index in [2.05, 4.69) is 0 Å². The largest absolute Gasteiger partial charge is 0.490 e. The number of hydrogen-bond donors (Lipinski definition) is 0. The van der Waals surface area contributed by atoms with Crippen molar-refractivity contribution in [2.75, 3.05) is 27.2 Å². The van der Waals surface area contributed by atoms with Crippen LogP contribution in [0.15, 0.2) is 54.7 Å². The van der Waals surface area contributed by atoms with Gasteiger partial charge in [-0.15, -0.1) is 0 Å². The van der Waals surface area contributed by atoms with Gasteiger partial charge in [0.25, 0.3) is 5.91 Å². The minimum Gasteiger partial charge on any atom is -0.490 e. The Morgan fingerprint density at radius 3 is 2.42 bits per heavy atom. The number of aromatic nitrogens is 1. The van der Waals surface area contributed by atoms with E-state index >= 15 is 0 Å². The molecule has 0 radical (unpaired) electrons. The second kappa shape index (κ2) is 9.02. The Morgan fingerprint density at radius 1 is 1.06 bits per heavy atom. The van der Waals surface area contributed by atoms with E-state index in [4.69, 9.17) is 16.3 Å². The van der Waals surface area contributed by atoms with Gasteiger partial charge in [-0.3, -0.25) is 9.59 Å². The minimum atomic E-state index is -0.0140. The summed E-state index contributed by atoms with van der Waals surface area (Å²) in [6.45, 7) is 1.47. The summed E-state index contributed by atoms with van der Waals surface area (Å²) in [5, 5.41) is 1.55. The molecule has 0 spiro atoms. The fraction of sp³-hybridized carbons (Fsp3) is 0.333. The number of halogens is 1. The Labute approximate surface area is 186 Å². The molecule has 1 fully saturated rings. The Morgan fingerprint density at radius 2 is 1.74 bits per heavy atom. The molecule has 2 aromatic carbocycles. The van der Waals surface area contributed by atoms with Crippen LogP contribution in [0, 0.1) is 0 Å². The molecule has 0 bridgehead atoms. The van der Waals surface area contributed by atoms with Gasteiger partial charge in [0.05, 0.1) is 5.56 Å². The number of carbonyl (C=O) groups is 2. The Bertz CT molecular complexity index is 1080. The zero-order valence-corrected chi connectivity index (χ0v) is 18.5. The first-order valence-corrected chi connectivity index (χ1v) is 10.8. The maximum absolute atomic E-state index is 13.3. The van der Waals surface area contributed by atoms with Crippen molar-refractivity contribution in [1.82, 2.24) is 14.4 Å². The molecule has 4 rings (SSSR count). The van der Waals surface area contributed by atoms with Crippen LogP contribution in [-0.4, -0.2) is 59.5 Å². The van der Waals surface area contributed by atoms with E-state index in [-0.39, 0.29) is 24.5 Å². The van der Waals surface area contributed by atoms with Gasteiger partial charge in [-0.1, -0.05) is 29.8 Å². The molecule has 7 heteroatoms. The molecule has 1 aliphatic rings. The molecule has 0 saturated carbocycles. The van der Waals surface area contributed by atoms with Crippen LogP contribution in [-0.2, 0) is 11.3 Å². The van der Waals surface area contributed by atoms with Gasteiger partial charge in [0, 0.05) is 62.1 Å². The summed E-state index contributed by atoms with van der Waals surface area (Å²) in [6.07, 6.45) is 3.42. The quantitative estimate of drug-likeness (QED) is 0.602. The van der Waals surface area contributed by atoms with Gasteiger partial charge in [0.15, 0.2) is 0 Å². The number of nitrogens with zero attached hydrogens (tertiary/aromatic N) is 3. The lowest BCUT2D eigenvalue weighted by Crippen LogP contribution is -2.41. The number of carbonyl (C=O) groups excluding carboxylic acids is 2. The van der Waals surface area contributed by atoms with Gasteiger partial charge in [0.2, 0.25) is 5.91 Å². The number of likely N-dealkylation sites (N-methyl/N-ethyl adjacent to an activating group) is 1. The first kappa shape index (κ1) is 21.2. The molecule has 1 saturated heterocycles. The van der Waals surface area contributed by atoms with Crippen LogP contribution < -0.4 is 4.74 Å². The molecule has 0 unspecified atom stereocenters. The van der Waals surface area contributed by atoms with Crippen LogP contribution in [0.2, 0.25) is 5.02 Å². The zero-order valence-electron chi connectivity index (χ0n) is 17.8. The molecule has 162 valence electrons. The van der Waals surface area contributed by atoms with Gasteiger partial charge in [-0.25, -0.2) is 0 Å². The van der Waals surface area contributed by atoms with Gasteiger partial charge in [-0.05, 0) is 30.3 Å². The fourth-order valence-electron chi connectivity index (χ4n) is 3.89. The summed E-state index contributed by atoms with van der Waals surface area (Å²) in [5.74, 6) is 0.778. The third kappa shape index (κ3) is 4.69. The number of piperidine rings is 1. The van der Waals surface area contributed by atoms with Crippen LogP contribution in [0.3, 0.4) is 0 Å². The number of benzene rings is 2. The topological polar surface area (TPSA) is 54.8 Å². The highest BCUT2D eigenvalue weighted by molar-refractivity contribution is 6.30. The number of ether oxygens (including phenoxy) is 1. The lowest BCUT2D eigenvalue weighted by molar-refractivity contribution is -0.129. The summed E-state index contributed by atoms with van der Waals surface area (Å²) in [6, 6.07) is 15.1. The SMILES string of the molecule is CN(C)C(=O)Cn1cc(C(=O)N2CCC(Oc3ccc(Cl)cc3)CC2)c2ccccc21. The highest BCUT2D eigenvalue weighted by atomic mass is 35.5. The molecule has 6 nitrogen and oxygen atoms in total. The van der Waals surface area contributed by atoms with Crippen molar-refractivity contribution in [2.45, 2.75) is 25.5 Å². The summed E-state index contributed by atoms with van der Waals surface area (Å²) >= 11 is 5.93. The second-order valence-electron chi connectivity index (χ2n) is 8.04. The number of para-hydroxylation sites is 1. The summed E-state index contributed by atoms with van der Waals surface area (Å²) in [7, 11) is 3.46. The Kier molecular flexibility index (Phi) is 6.18. The van der Waals surface area contributed by atoms with Crippen molar-refractivity contribution in [3.8, 4) is 5.75 Å². The molecular formula is C24H26ClN3O3. The van der Waals surface area contributed by atoms with Gasteiger partial charge >= 0.3 is 0 Å². The first-order valence-electron chi connectivity index (χ1n) is 10.4. The van der Waals surface area contributed by atoms with Gasteiger partial charge in [-0.2, -0.15) is 0 Å². The van der Waals surface area contributed by atoms with Gasteiger partial charge in [0.1, 0.15) is 18.4 Å². The van der Waals surface area contributed by atoms with Crippen LogP contribution >= 0.6 is 11.6 Å². The van der Waals surface area contributed by atoms with E-state index in [0.29, 0.717) is 23.7 Å². The second-order valence-corrected chi connectivity index (χ2v) is 8.48. The van der Waals surface area contributed by atoms with E-state index in [1.807, 2.05) is 64.2 Å². The third-order valence-corrected chi connectivity index (χ3v) is 5.92. The smallest absolute Gasteiger partial charge is 0.256 e. The predicted octanol–water partition coefficient (Wildman–Crippen LogP) is 4.07. The van der Waals surface area contributed by atoms with Crippen molar-refractivity contribution in [2.24, 2.45) is 0 Å². The predicted molar refractivity (Wildman–Crippen MR) is 122 cm³/mol. The van der Waals surface area contributed by atoms with E-state index in [1.54, 1.807) is 19.0 Å². The third-order valence-electron chi connectivity index (χ3n) is 5.67. The lowest BCUT2D eigenvalue weighted by atomic mass is 10.1. The number of hydrogen-bond acceptors (Lipinski definition) is 3. The highest BCUT2D eigenvalue weighted by Gasteiger charge is 2.27. The number of rotatable bonds is 5. The van der Waals surface area contributed by atoms with Crippen molar-refractivity contribution in [1.29, 1.82) is 0 Å². The maximum atomic E-state index is 13.3. The van der Waals surface area contributed by atoms with Crippen LogP contribution in [0.1, 0.15) is 23.2 Å². The monoisotopic (exact) mass is 439 g/mol. The Hall–Kier alpha value is -2.99. The molecule has 3 aromatic rings. The van der Waals surface area contributed by atoms with Crippen LogP contribution in [0.25, 0.3) is 10.9 Å². The molecule has 2 heterocycles. The Balaban J connectivity index is 1.46. The van der Waals surface area contributed by atoms with Crippen molar-refractivity contribution < 1.29 is 14.3 Å². The normalized spacial score (nSPS) is 14.6. The molecule has 0 N–H and O–H groups in total. The molecule has 0 atom stereocenters. The van der Waals surface area contributed by atoms with Gasteiger partial charge < -0.3 is 19.1 Å². The molecule has 31 heavy (non-hydrogen) atoms. The molecule has 2 amide bonds. The zero-order chi connectivity index (χ0) is 22.0. The molecular weight excluding hydrogens is 414 g/mol. The number of fused-ring (bicyclic) bond motifs is 1. The van der Waals surface area contributed by atoms with E-state index in [1.165, 1.54) is 0 Å². The molecule has 0 aliphatic carbocycles. The standard InChI is InChI=1S/C24H26ClN3O3/c1-26(2)23(29)16-28-15-21(20-5-3-4-6-22(20)28)24(30)27-13-11-19(12-14-27)31-18-9-7-17(25)8-10-18/h3-10,15,19H,11-14,16H2,1-2H3. The van der Waals surface area contributed by atoms with Crippen molar-refractivity contribution in [3.63, 3.8) is 0 Å². The molecule has 1 aromatic heterocycles.